The summed E-state index contributed by atoms with van der Waals surface area (Å²) in [7, 11) is 4.00. The molecule has 0 saturated carbocycles. The van der Waals surface area contributed by atoms with Crippen LogP contribution in [0.5, 0.6) is 5.75 Å². The number of aromatic nitrogens is 2. The van der Waals surface area contributed by atoms with Gasteiger partial charge in [0.15, 0.2) is 0 Å². The van der Waals surface area contributed by atoms with E-state index < -0.39 is 0 Å². The van der Waals surface area contributed by atoms with E-state index in [0.717, 1.165) is 11.3 Å². The van der Waals surface area contributed by atoms with Crippen LogP contribution in [0.4, 0.5) is 15.9 Å². The minimum atomic E-state index is -0.304. The van der Waals surface area contributed by atoms with Gasteiger partial charge in [-0.25, -0.2) is 9.07 Å². The largest absolute Gasteiger partial charge is 0.494 e. The van der Waals surface area contributed by atoms with Crippen molar-refractivity contribution in [3.8, 4) is 5.75 Å². The van der Waals surface area contributed by atoms with Crippen molar-refractivity contribution in [1.82, 2.24) is 9.78 Å². The number of nitrogens with one attached hydrogen (secondary N) is 1. The first-order chi connectivity index (χ1) is 14.0. The lowest BCUT2D eigenvalue weighted by Gasteiger charge is -2.13. The Kier molecular flexibility index (Phi) is 6.84. The molecule has 1 amide bonds. The number of halogens is 1. The molecule has 2 aromatic carbocycles. The van der Waals surface area contributed by atoms with Gasteiger partial charge >= 0.3 is 0 Å². The van der Waals surface area contributed by atoms with Crippen molar-refractivity contribution in [2.45, 2.75) is 19.4 Å². The third kappa shape index (κ3) is 6.07. The first-order valence-corrected chi connectivity index (χ1v) is 9.47. The maximum atomic E-state index is 12.9. The lowest BCUT2D eigenvalue weighted by Crippen LogP contribution is -2.16. The second-order valence-corrected chi connectivity index (χ2v) is 6.89. The van der Waals surface area contributed by atoms with Crippen molar-refractivity contribution >= 4 is 17.4 Å². The fraction of sp³-hybridized carbons (Fsp3) is 0.273. The van der Waals surface area contributed by atoms with E-state index in [-0.39, 0.29) is 11.7 Å². The van der Waals surface area contributed by atoms with Crippen LogP contribution in [0, 0.1) is 5.82 Å². The van der Waals surface area contributed by atoms with Crippen molar-refractivity contribution < 1.29 is 13.9 Å². The molecule has 1 aromatic heterocycles. The summed E-state index contributed by atoms with van der Waals surface area (Å²) >= 11 is 0. The smallest absolute Gasteiger partial charge is 0.225 e. The first kappa shape index (κ1) is 20.4. The zero-order valence-corrected chi connectivity index (χ0v) is 16.6. The molecule has 3 aromatic rings. The topological polar surface area (TPSA) is 59.4 Å². The van der Waals surface area contributed by atoms with E-state index in [4.69, 9.17) is 4.74 Å². The van der Waals surface area contributed by atoms with E-state index >= 15 is 0 Å². The predicted molar refractivity (Wildman–Crippen MR) is 112 cm³/mol. The van der Waals surface area contributed by atoms with E-state index in [1.54, 1.807) is 29.1 Å². The molecule has 1 N–H and O–H groups in total. The molecule has 3 rings (SSSR count). The number of carbonyl (C=O) groups is 1. The second kappa shape index (κ2) is 9.73. The van der Waals surface area contributed by atoms with Crippen LogP contribution >= 0.6 is 0 Å². The quantitative estimate of drug-likeness (QED) is 0.557. The van der Waals surface area contributed by atoms with Crippen LogP contribution < -0.4 is 15.0 Å². The average Bonchev–Trinajstić information content (AvgIpc) is 3.13. The van der Waals surface area contributed by atoms with Crippen molar-refractivity contribution in [1.29, 1.82) is 0 Å². The normalized spacial score (nSPS) is 10.6. The number of amides is 1. The van der Waals surface area contributed by atoms with Crippen molar-refractivity contribution in [2.75, 3.05) is 30.9 Å². The molecule has 29 heavy (non-hydrogen) atoms. The van der Waals surface area contributed by atoms with Gasteiger partial charge in [-0.2, -0.15) is 5.10 Å². The van der Waals surface area contributed by atoms with Gasteiger partial charge in [0, 0.05) is 32.3 Å². The highest BCUT2D eigenvalue weighted by molar-refractivity contribution is 5.89. The first-order valence-electron chi connectivity index (χ1n) is 9.47. The summed E-state index contributed by atoms with van der Waals surface area (Å²) in [5.74, 6) is 0.843. The Hall–Kier alpha value is -3.35. The summed E-state index contributed by atoms with van der Waals surface area (Å²) in [6, 6.07) is 15.8. The van der Waals surface area contributed by atoms with E-state index in [1.807, 2.05) is 19.0 Å². The summed E-state index contributed by atoms with van der Waals surface area (Å²) in [6.45, 7) is 0.959. The van der Waals surface area contributed by atoms with E-state index in [2.05, 4.69) is 34.7 Å². The predicted octanol–water partition coefficient (Wildman–Crippen LogP) is 3.93. The molecule has 0 aliphatic carbocycles. The number of benzene rings is 2. The Balaban J connectivity index is 1.46. The monoisotopic (exact) mass is 396 g/mol. The Morgan fingerprint density at radius 2 is 1.83 bits per heavy atom. The number of carbonyl (C=O) groups excluding carboxylic acids is 1. The Labute approximate surface area is 169 Å². The van der Waals surface area contributed by atoms with Gasteiger partial charge in [0.2, 0.25) is 5.91 Å². The van der Waals surface area contributed by atoms with Gasteiger partial charge in [-0.1, -0.05) is 12.1 Å². The Bertz CT molecular complexity index is 921. The molecule has 1 heterocycles. The molecule has 7 heteroatoms. The molecular formula is C22H25FN4O2. The maximum absolute atomic E-state index is 12.9. The fourth-order valence-corrected chi connectivity index (χ4v) is 2.80. The molecule has 6 nitrogen and oxygen atoms in total. The summed E-state index contributed by atoms with van der Waals surface area (Å²) < 4.78 is 20.1. The standard InChI is InChI=1S/C22H25FN4O2/c1-26(2)19-9-5-17(6-10-19)16-27-21(13-14-24-27)25-22(28)4-3-15-29-20-11-7-18(23)8-12-20/h5-14H,3-4,15-16H2,1-2H3,(H,25,28). The van der Waals surface area contributed by atoms with Gasteiger partial charge in [0.05, 0.1) is 19.3 Å². The van der Waals surface area contributed by atoms with Crippen LogP contribution in [0.2, 0.25) is 0 Å². The van der Waals surface area contributed by atoms with Gasteiger partial charge in [0.1, 0.15) is 17.4 Å². The Morgan fingerprint density at radius 1 is 1.10 bits per heavy atom. The number of nitrogens with zero attached hydrogens (tertiary/aromatic N) is 3. The van der Waals surface area contributed by atoms with Crippen LogP contribution in [-0.4, -0.2) is 36.4 Å². The highest BCUT2D eigenvalue weighted by Gasteiger charge is 2.08. The average molecular weight is 396 g/mol. The summed E-state index contributed by atoms with van der Waals surface area (Å²) in [6.07, 6.45) is 2.55. The number of hydrogen-bond donors (Lipinski definition) is 1. The lowest BCUT2D eigenvalue weighted by molar-refractivity contribution is -0.116. The van der Waals surface area contributed by atoms with Crippen LogP contribution in [0.25, 0.3) is 0 Å². The summed E-state index contributed by atoms with van der Waals surface area (Å²) in [5, 5.41) is 7.20. The molecule has 0 aliphatic heterocycles. The molecule has 0 fully saturated rings. The second-order valence-electron chi connectivity index (χ2n) is 6.89. The van der Waals surface area contributed by atoms with Gasteiger partial charge in [-0.05, 0) is 48.4 Å². The molecule has 0 saturated heterocycles. The van der Waals surface area contributed by atoms with Crippen molar-refractivity contribution in [3.05, 3.63) is 72.2 Å². The highest BCUT2D eigenvalue weighted by atomic mass is 19.1. The number of rotatable bonds is 9. The van der Waals surface area contributed by atoms with E-state index in [0.29, 0.717) is 37.6 Å². The van der Waals surface area contributed by atoms with E-state index in [1.165, 1.54) is 12.1 Å². The summed E-state index contributed by atoms with van der Waals surface area (Å²) in [4.78, 5) is 14.3. The molecule has 0 unspecified atom stereocenters. The third-order valence-electron chi connectivity index (χ3n) is 4.40. The zero-order chi connectivity index (χ0) is 20.6. The molecule has 152 valence electrons. The molecule has 0 bridgehead atoms. The summed E-state index contributed by atoms with van der Waals surface area (Å²) in [5.41, 5.74) is 2.23. The van der Waals surface area contributed by atoms with Crippen LogP contribution in [0.1, 0.15) is 18.4 Å². The maximum Gasteiger partial charge on any atom is 0.225 e. The minimum Gasteiger partial charge on any atom is -0.494 e. The van der Waals surface area contributed by atoms with E-state index in [9.17, 15) is 9.18 Å². The van der Waals surface area contributed by atoms with Gasteiger partial charge < -0.3 is 15.0 Å². The lowest BCUT2D eigenvalue weighted by atomic mass is 10.2. The van der Waals surface area contributed by atoms with Gasteiger partial charge in [0.25, 0.3) is 0 Å². The highest BCUT2D eigenvalue weighted by Crippen LogP contribution is 2.16. The van der Waals surface area contributed by atoms with Crippen LogP contribution in [-0.2, 0) is 11.3 Å². The molecule has 0 spiro atoms. The SMILES string of the molecule is CN(C)c1ccc(Cn2nccc2NC(=O)CCCOc2ccc(F)cc2)cc1. The minimum absolute atomic E-state index is 0.0996. The fourth-order valence-electron chi connectivity index (χ4n) is 2.80. The third-order valence-corrected chi connectivity index (χ3v) is 4.40. The molecular weight excluding hydrogens is 371 g/mol. The molecule has 0 atom stereocenters. The zero-order valence-electron chi connectivity index (χ0n) is 16.6. The van der Waals surface area contributed by atoms with Gasteiger partial charge in [-0.3, -0.25) is 4.79 Å². The van der Waals surface area contributed by atoms with Gasteiger partial charge in [-0.15, -0.1) is 0 Å². The number of anilines is 2. The molecule has 0 aliphatic rings. The Morgan fingerprint density at radius 3 is 2.52 bits per heavy atom. The van der Waals surface area contributed by atoms with Crippen molar-refractivity contribution in [2.24, 2.45) is 0 Å². The van der Waals surface area contributed by atoms with Crippen molar-refractivity contribution in [3.63, 3.8) is 0 Å². The number of ether oxygens (including phenoxy) is 1. The van der Waals surface area contributed by atoms with Crippen LogP contribution in [0.3, 0.4) is 0 Å². The number of hydrogen-bond acceptors (Lipinski definition) is 4. The molecule has 0 radical (unpaired) electrons. The van der Waals surface area contributed by atoms with Crippen LogP contribution in [0.15, 0.2) is 60.8 Å².